The molecule has 0 radical (unpaired) electrons. The number of hydrogen-bond donors (Lipinski definition) is 0. The first-order valence-electron chi connectivity index (χ1n) is 11.2. The molecule has 140 valence electrons. The Morgan fingerprint density at radius 2 is 1.46 bits per heavy atom. The lowest BCUT2D eigenvalue weighted by Gasteiger charge is -2.34. The lowest BCUT2D eigenvalue weighted by molar-refractivity contribution is -0.112. The van der Waals surface area contributed by atoms with E-state index in [1.165, 1.54) is 96.2 Å². The van der Waals surface area contributed by atoms with E-state index >= 15 is 0 Å². The van der Waals surface area contributed by atoms with Gasteiger partial charge in [0.15, 0.2) is 0 Å². The van der Waals surface area contributed by atoms with Gasteiger partial charge >= 0.3 is 0 Å². The molecular formula is C23H42O. The summed E-state index contributed by atoms with van der Waals surface area (Å²) in [6.45, 7) is 4.95. The van der Waals surface area contributed by atoms with E-state index in [0.29, 0.717) is 5.92 Å². The molecule has 1 heteroatoms. The molecule has 0 bridgehead atoms. The smallest absolute Gasteiger partial charge is 0.123 e. The van der Waals surface area contributed by atoms with Crippen molar-refractivity contribution in [2.45, 2.75) is 110 Å². The Bertz CT molecular complexity index is 337. The molecule has 2 fully saturated rings. The predicted octanol–water partition coefficient (Wildman–Crippen LogP) is 7.18. The minimum atomic E-state index is 0.383. The maximum Gasteiger partial charge on any atom is 0.123 e. The Morgan fingerprint density at radius 1 is 0.792 bits per heavy atom. The van der Waals surface area contributed by atoms with Gasteiger partial charge < -0.3 is 4.79 Å². The fraction of sp³-hybridized carbons (Fsp3) is 0.957. The summed E-state index contributed by atoms with van der Waals surface area (Å²) in [4.78, 5) is 10.9. The van der Waals surface area contributed by atoms with Gasteiger partial charge in [-0.25, -0.2) is 0 Å². The summed E-state index contributed by atoms with van der Waals surface area (Å²) in [6, 6.07) is 0. The van der Waals surface area contributed by atoms with Gasteiger partial charge in [-0.2, -0.15) is 0 Å². The lowest BCUT2D eigenvalue weighted by Crippen LogP contribution is -2.23. The third kappa shape index (κ3) is 6.89. The first kappa shape index (κ1) is 20.0. The Morgan fingerprint density at radius 3 is 2.21 bits per heavy atom. The zero-order valence-corrected chi connectivity index (χ0v) is 16.5. The van der Waals surface area contributed by atoms with Crippen molar-refractivity contribution in [1.29, 1.82) is 0 Å². The summed E-state index contributed by atoms with van der Waals surface area (Å²) in [7, 11) is 0. The van der Waals surface area contributed by atoms with E-state index in [-0.39, 0.29) is 0 Å². The van der Waals surface area contributed by atoms with E-state index in [4.69, 9.17) is 0 Å². The molecule has 2 aliphatic carbocycles. The number of aldehydes is 1. The lowest BCUT2D eigenvalue weighted by atomic mass is 9.72. The van der Waals surface area contributed by atoms with E-state index in [9.17, 15) is 4.79 Å². The van der Waals surface area contributed by atoms with Crippen LogP contribution < -0.4 is 0 Å². The molecule has 0 saturated heterocycles. The molecule has 24 heavy (non-hydrogen) atoms. The zero-order chi connectivity index (χ0) is 17.2. The standard InChI is InChI=1S/C23H42O/c1-19-11-9-16-23(20(19)2)15-8-6-4-3-5-7-12-21-13-10-14-22(17-21)18-24/h18-23H,3-17H2,1-2H3. The maximum atomic E-state index is 10.9. The summed E-state index contributed by atoms with van der Waals surface area (Å²) in [5.74, 6) is 4.18. The molecule has 5 unspecified atom stereocenters. The van der Waals surface area contributed by atoms with Gasteiger partial charge in [-0.05, 0) is 36.5 Å². The molecule has 5 atom stereocenters. The third-order valence-electron chi connectivity index (χ3n) is 7.33. The second kappa shape index (κ2) is 11.3. The normalized spacial score (nSPS) is 34.2. The average Bonchev–Trinajstić information content (AvgIpc) is 2.61. The van der Waals surface area contributed by atoms with Crippen LogP contribution in [-0.4, -0.2) is 6.29 Å². The fourth-order valence-corrected chi connectivity index (χ4v) is 5.36. The predicted molar refractivity (Wildman–Crippen MR) is 104 cm³/mol. The van der Waals surface area contributed by atoms with Gasteiger partial charge in [0.05, 0.1) is 0 Å². The van der Waals surface area contributed by atoms with Crippen LogP contribution in [0.25, 0.3) is 0 Å². The number of hydrogen-bond acceptors (Lipinski definition) is 1. The molecule has 0 aromatic rings. The molecule has 0 aliphatic heterocycles. The largest absolute Gasteiger partial charge is 0.303 e. The van der Waals surface area contributed by atoms with Crippen LogP contribution in [0.4, 0.5) is 0 Å². The van der Waals surface area contributed by atoms with Crippen LogP contribution in [0.3, 0.4) is 0 Å². The maximum absolute atomic E-state index is 10.9. The molecule has 0 N–H and O–H groups in total. The quantitative estimate of drug-likeness (QED) is 0.305. The van der Waals surface area contributed by atoms with Gasteiger partial charge in [-0.15, -0.1) is 0 Å². The minimum Gasteiger partial charge on any atom is -0.303 e. The van der Waals surface area contributed by atoms with Gasteiger partial charge in [-0.3, -0.25) is 0 Å². The first-order valence-corrected chi connectivity index (χ1v) is 11.2. The Kier molecular flexibility index (Phi) is 9.43. The highest BCUT2D eigenvalue weighted by Gasteiger charge is 2.26. The highest BCUT2D eigenvalue weighted by Crippen LogP contribution is 2.37. The van der Waals surface area contributed by atoms with Gasteiger partial charge in [0.2, 0.25) is 0 Å². The van der Waals surface area contributed by atoms with Crippen molar-refractivity contribution in [1.82, 2.24) is 0 Å². The molecule has 0 heterocycles. The highest BCUT2D eigenvalue weighted by molar-refractivity contribution is 5.53. The van der Waals surface area contributed by atoms with E-state index in [2.05, 4.69) is 13.8 Å². The number of carbonyl (C=O) groups is 1. The van der Waals surface area contributed by atoms with Crippen LogP contribution in [-0.2, 0) is 4.79 Å². The van der Waals surface area contributed by atoms with Crippen molar-refractivity contribution in [3.63, 3.8) is 0 Å². The van der Waals surface area contributed by atoms with Crippen LogP contribution in [0.15, 0.2) is 0 Å². The monoisotopic (exact) mass is 334 g/mol. The molecule has 0 amide bonds. The van der Waals surface area contributed by atoms with Crippen molar-refractivity contribution >= 4 is 6.29 Å². The second-order valence-electron chi connectivity index (χ2n) is 9.15. The van der Waals surface area contributed by atoms with Crippen molar-refractivity contribution in [2.24, 2.45) is 29.6 Å². The van der Waals surface area contributed by atoms with E-state index in [0.717, 1.165) is 30.1 Å². The van der Waals surface area contributed by atoms with Crippen LogP contribution in [0.5, 0.6) is 0 Å². The van der Waals surface area contributed by atoms with Crippen molar-refractivity contribution in [2.75, 3.05) is 0 Å². The van der Waals surface area contributed by atoms with Gasteiger partial charge in [0.1, 0.15) is 6.29 Å². The fourth-order valence-electron chi connectivity index (χ4n) is 5.36. The molecular weight excluding hydrogens is 292 g/mol. The van der Waals surface area contributed by atoms with Crippen molar-refractivity contribution in [3.8, 4) is 0 Å². The third-order valence-corrected chi connectivity index (χ3v) is 7.33. The summed E-state index contributed by atoms with van der Waals surface area (Å²) in [5, 5.41) is 0. The Hall–Kier alpha value is -0.330. The molecule has 2 aliphatic rings. The summed E-state index contributed by atoms with van der Waals surface area (Å²) >= 11 is 0. The summed E-state index contributed by atoms with van der Waals surface area (Å²) in [6.07, 6.45) is 22.1. The molecule has 0 aromatic heterocycles. The second-order valence-corrected chi connectivity index (χ2v) is 9.15. The molecule has 1 nitrogen and oxygen atoms in total. The minimum absolute atomic E-state index is 0.383. The van der Waals surface area contributed by atoms with E-state index in [1.807, 2.05) is 0 Å². The number of carbonyl (C=O) groups excluding carboxylic acids is 1. The SMILES string of the molecule is CC1CCCC(CCCCCCCCC2CCCC(C=O)C2)C1C. The molecule has 0 aromatic carbocycles. The average molecular weight is 335 g/mol. The van der Waals surface area contributed by atoms with Gasteiger partial charge in [0, 0.05) is 5.92 Å². The van der Waals surface area contributed by atoms with Crippen molar-refractivity contribution in [3.05, 3.63) is 0 Å². The van der Waals surface area contributed by atoms with Crippen LogP contribution in [0.1, 0.15) is 110 Å². The van der Waals surface area contributed by atoms with Crippen LogP contribution >= 0.6 is 0 Å². The van der Waals surface area contributed by atoms with E-state index < -0.39 is 0 Å². The summed E-state index contributed by atoms with van der Waals surface area (Å²) in [5.41, 5.74) is 0. The van der Waals surface area contributed by atoms with Gasteiger partial charge in [0.25, 0.3) is 0 Å². The molecule has 2 saturated carbocycles. The van der Waals surface area contributed by atoms with Gasteiger partial charge in [-0.1, -0.05) is 97.3 Å². The van der Waals surface area contributed by atoms with Crippen LogP contribution in [0.2, 0.25) is 0 Å². The zero-order valence-electron chi connectivity index (χ0n) is 16.5. The number of rotatable bonds is 10. The highest BCUT2D eigenvalue weighted by atomic mass is 16.1. The van der Waals surface area contributed by atoms with E-state index in [1.54, 1.807) is 0 Å². The number of unbranched alkanes of at least 4 members (excludes halogenated alkanes) is 5. The first-order chi connectivity index (χ1) is 11.7. The summed E-state index contributed by atoms with van der Waals surface area (Å²) < 4.78 is 0. The molecule has 2 rings (SSSR count). The van der Waals surface area contributed by atoms with Crippen molar-refractivity contribution < 1.29 is 4.79 Å². The topological polar surface area (TPSA) is 17.1 Å². The Balaban J connectivity index is 1.42. The van der Waals surface area contributed by atoms with Crippen LogP contribution in [0, 0.1) is 29.6 Å². The molecule has 0 spiro atoms. The Labute approximate surface area is 151 Å².